The molecule has 0 fully saturated rings. The molecule has 0 radical (unpaired) electrons. The molecule has 1 aliphatic heterocycles. The number of hydrogen-bond acceptors (Lipinski definition) is 3. The van der Waals surface area contributed by atoms with E-state index in [2.05, 4.69) is 0 Å². The van der Waals surface area contributed by atoms with Crippen LogP contribution >= 0.6 is 0 Å². The summed E-state index contributed by atoms with van der Waals surface area (Å²) < 4.78 is 10.5. The van der Waals surface area contributed by atoms with Gasteiger partial charge in [0.05, 0.1) is 13.7 Å². The van der Waals surface area contributed by atoms with Crippen molar-refractivity contribution in [3.05, 3.63) is 48.0 Å². The van der Waals surface area contributed by atoms with Crippen LogP contribution in [-0.4, -0.2) is 19.7 Å². The van der Waals surface area contributed by atoms with Crippen molar-refractivity contribution in [3.8, 4) is 0 Å². The van der Waals surface area contributed by atoms with Gasteiger partial charge in [-0.2, -0.15) is 0 Å². The molecule has 3 nitrogen and oxygen atoms in total. The second-order valence-corrected chi connectivity index (χ2v) is 3.67. The van der Waals surface area contributed by atoms with Gasteiger partial charge in [-0.1, -0.05) is 42.5 Å². The standard InChI is InChI=1S/C13H14O3/c1-15-12(14)13(9-5-6-10-16-13)11-7-3-2-4-8-11/h2-8H,9-10H2,1H3/t13-/m1/s1. The van der Waals surface area contributed by atoms with Gasteiger partial charge >= 0.3 is 5.97 Å². The summed E-state index contributed by atoms with van der Waals surface area (Å²) >= 11 is 0. The van der Waals surface area contributed by atoms with Crippen molar-refractivity contribution in [3.63, 3.8) is 0 Å². The number of carbonyl (C=O) groups excluding carboxylic acids is 1. The van der Waals surface area contributed by atoms with Crippen LogP contribution in [0, 0.1) is 0 Å². The molecule has 0 saturated carbocycles. The number of esters is 1. The molecule has 0 unspecified atom stereocenters. The Kier molecular flexibility index (Phi) is 3.06. The molecule has 3 heteroatoms. The Labute approximate surface area is 94.7 Å². The average Bonchev–Trinajstić information content (AvgIpc) is 2.39. The Morgan fingerprint density at radius 2 is 2.06 bits per heavy atom. The number of methoxy groups -OCH3 is 1. The summed E-state index contributed by atoms with van der Waals surface area (Å²) in [6.45, 7) is 0.435. The van der Waals surface area contributed by atoms with E-state index in [4.69, 9.17) is 9.47 Å². The summed E-state index contributed by atoms with van der Waals surface area (Å²) in [6, 6.07) is 9.46. The second-order valence-electron chi connectivity index (χ2n) is 3.67. The predicted octanol–water partition coefficient (Wildman–Crippen LogP) is 2.03. The summed E-state index contributed by atoms with van der Waals surface area (Å²) in [6.07, 6.45) is 4.38. The number of ether oxygens (including phenoxy) is 2. The molecule has 1 aromatic rings. The van der Waals surface area contributed by atoms with Crippen LogP contribution in [-0.2, 0) is 19.9 Å². The molecule has 1 aliphatic rings. The first-order chi connectivity index (χ1) is 7.79. The lowest BCUT2D eigenvalue weighted by molar-refractivity contribution is -0.170. The lowest BCUT2D eigenvalue weighted by Crippen LogP contribution is -2.41. The Morgan fingerprint density at radius 3 is 2.62 bits per heavy atom. The van der Waals surface area contributed by atoms with E-state index in [0.29, 0.717) is 13.0 Å². The minimum absolute atomic E-state index is 0.344. The Balaban J connectivity index is 2.42. The Hall–Kier alpha value is -1.61. The van der Waals surface area contributed by atoms with Crippen LogP contribution in [0.3, 0.4) is 0 Å². The summed E-state index contributed by atoms with van der Waals surface area (Å²) in [7, 11) is 1.38. The van der Waals surface area contributed by atoms with Crippen LogP contribution in [0.5, 0.6) is 0 Å². The molecule has 0 bridgehead atoms. The molecule has 0 N–H and O–H groups in total. The van der Waals surface area contributed by atoms with Crippen molar-refractivity contribution in [2.75, 3.05) is 13.7 Å². The monoisotopic (exact) mass is 218 g/mol. The van der Waals surface area contributed by atoms with E-state index in [1.54, 1.807) is 0 Å². The first kappa shape index (κ1) is 10.9. The molecular weight excluding hydrogens is 204 g/mol. The zero-order chi connectivity index (χ0) is 11.4. The van der Waals surface area contributed by atoms with Crippen LogP contribution in [0.1, 0.15) is 12.0 Å². The SMILES string of the molecule is COC(=O)[C@]1(c2ccccc2)CC=CCO1. The highest BCUT2D eigenvalue weighted by Crippen LogP contribution is 2.33. The van der Waals surface area contributed by atoms with Crippen molar-refractivity contribution in [1.82, 2.24) is 0 Å². The molecule has 0 amide bonds. The van der Waals surface area contributed by atoms with Crippen LogP contribution in [0.4, 0.5) is 0 Å². The van der Waals surface area contributed by atoms with E-state index < -0.39 is 5.60 Å². The molecule has 1 atom stereocenters. The van der Waals surface area contributed by atoms with Crippen molar-refractivity contribution >= 4 is 5.97 Å². The number of carbonyl (C=O) groups is 1. The molecule has 84 valence electrons. The van der Waals surface area contributed by atoms with Crippen LogP contribution in [0.25, 0.3) is 0 Å². The van der Waals surface area contributed by atoms with Gasteiger partial charge in [0.25, 0.3) is 0 Å². The van der Waals surface area contributed by atoms with Crippen LogP contribution < -0.4 is 0 Å². The molecular formula is C13H14O3. The molecule has 1 heterocycles. The fourth-order valence-corrected chi connectivity index (χ4v) is 1.90. The predicted molar refractivity (Wildman–Crippen MR) is 59.8 cm³/mol. The fraction of sp³-hybridized carbons (Fsp3) is 0.308. The van der Waals surface area contributed by atoms with E-state index in [-0.39, 0.29) is 5.97 Å². The second kappa shape index (κ2) is 4.49. The van der Waals surface area contributed by atoms with Gasteiger partial charge in [-0.05, 0) is 5.56 Å². The van der Waals surface area contributed by atoms with Gasteiger partial charge in [0.2, 0.25) is 0 Å². The largest absolute Gasteiger partial charge is 0.467 e. The minimum atomic E-state index is -0.967. The Morgan fingerprint density at radius 1 is 1.31 bits per heavy atom. The van der Waals surface area contributed by atoms with Crippen molar-refractivity contribution < 1.29 is 14.3 Å². The van der Waals surface area contributed by atoms with E-state index in [0.717, 1.165) is 5.56 Å². The van der Waals surface area contributed by atoms with Gasteiger partial charge < -0.3 is 9.47 Å². The summed E-state index contributed by atoms with van der Waals surface area (Å²) in [4.78, 5) is 11.9. The van der Waals surface area contributed by atoms with Gasteiger partial charge in [-0.25, -0.2) is 4.79 Å². The quantitative estimate of drug-likeness (QED) is 0.563. The van der Waals surface area contributed by atoms with Crippen LogP contribution in [0.15, 0.2) is 42.5 Å². The van der Waals surface area contributed by atoms with Gasteiger partial charge in [-0.3, -0.25) is 0 Å². The third-order valence-corrected chi connectivity index (χ3v) is 2.75. The number of benzene rings is 1. The molecule has 0 spiro atoms. The Bertz CT molecular complexity index is 397. The summed E-state index contributed by atoms with van der Waals surface area (Å²) in [5, 5.41) is 0. The average molecular weight is 218 g/mol. The zero-order valence-electron chi connectivity index (χ0n) is 9.18. The highest BCUT2D eigenvalue weighted by atomic mass is 16.6. The zero-order valence-corrected chi connectivity index (χ0v) is 9.18. The minimum Gasteiger partial charge on any atom is -0.467 e. The maximum atomic E-state index is 11.9. The van der Waals surface area contributed by atoms with E-state index in [1.165, 1.54) is 7.11 Å². The number of rotatable bonds is 2. The molecule has 0 saturated heterocycles. The third-order valence-electron chi connectivity index (χ3n) is 2.75. The molecule has 0 aliphatic carbocycles. The summed E-state index contributed by atoms with van der Waals surface area (Å²) in [5.41, 5.74) is -0.128. The van der Waals surface area contributed by atoms with Crippen molar-refractivity contribution in [2.24, 2.45) is 0 Å². The smallest absolute Gasteiger partial charge is 0.343 e. The maximum absolute atomic E-state index is 11.9. The maximum Gasteiger partial charge on any atom is 0.343 e. The van der Waals surface area contributed by atoms with Crippen LogP contribution in [0.2, 0.25) is 0 Å². The number of hydrogen-bond donors (Lipinski definition) is 0. The van der Waals surface area contributed by atoms with Gasteiger partial charge in [-0.15, -0.1) is 0 Å². The van der Waals surface area contributed by atoms with Gasteiger partial charge in [0, 0.05) is 6.42 Å². The first-order valence-electron chi connectivity index (χ1n) is 5.22. The lowest BCUT2D eigenvalue weighted by atomic mass is 9.89. The molecule has 16 heavy (non-hydrogen) atoms. The van der Waals surface area contributed by atoms with Gasteiger partial charge in [0.1, 0.15) is 0 Å². The molecule has 1 aromatic carbocycles. The fourth-order valence-electron chi connectivity index (χ4n) is 1.90. The van der Waals surface area contributed by atoms with Crippen molar-refractivity contribution in [1.29, 1.82) is 0 Å². The highest BCUT2D eigenvalue weighted by molar-refractivity contribution is 5.81. The summed E-state index contributed by atoms with van der Waals surface area (Å²) in [5.74, 6) is -0.344. The lowest BCUT2D eigenvalue weighted by Gasteiger charge is -2.32. The third kappa shape index (κ3) is 1.74. The molecule has 0 aromatic heterocycles. The topological polar surface area (TPSA) is 35.5 Å². The van der Waals surface area contributed by atoms with E-state index >= 15 is 0 Å². The highest BCUT2D eigenvalue weighted by Gasteiger charge is 2.42. The van der Waals surface area contributed by atoms with E-state index in [1.807, 2.05) is 42.5 Å². The first-order valence-corrected chi connectivity index (χ1v) is 5.22. The van der Waals surface area contributed by atoms with Crippen molar-refractivity contribution in [2.45, 2.75) is 12.0 Å². The van der Waals surface area contributed by atoms with Gasteiger partial charge in [0.15, 0.2) is 5.60 Å². The normalized spacial score (nSPS) is 24.1. The molecule has 2 rings (SSSR count). The van der Waals surface area contributed by atoms with E-state index in [9.17, 15) is 4.79 Å².